The van der Waals surface area contributed by atoms with Crippen LogP contribution >= 0.6 is 11.8 Å². The van der Waals surface area contributed by atoms with Gasteiger partial charge in [0.15, 0.2) is 5.82 Å². The first-order valence-corrected chi connectivity index (χ1v) is 6.60. The van der Waals surface area contributed by atoms with Crippen LogP contribution in [0, 0.1) is 0 Å². The maximum atomic E-state index is 4.66. The van der Waals surface area contributed by atoms with Crippen molar-refractivity contribution in [3.05, 3.63) is 11.3 Å². The summed E-state index contributed by atoms with van der Waals surface area (Å²) in [7, 11) is 2.07. The molecule has 15 heavy (non-hydrogen) atoms. The second-order valence-electron chi connectivity index (χ2n) is 4.10. The summed E-state index contributed by atoms with van der Waals surface area (Å²) in [6.45, 7) is 4.35. The lowest BCUT2D eigenvalue weighted by atomic mass is 10.2. The predicted molar refractivity (Wildman–Crippen MR) is 63.3 cm³/mol. The van der Waals surface area contributed by atoms with Crippen molar-refractivity contribution in [2.24, 2.45) is 7.05 Å². The predicted octanol–water partition coefficient (Wildman–Crippen LogP) is 0.577. The summed E-state index contributed by atoms with van der Waals surface area (Å²) in [5.74, 6) is 3.51. The Morgan fingerprint density at radius 3 is 2.87 bits per heavy atom. The van der Waals surface area contributed by atoms with Gasteiger partial charge >= 0.3 is 0 Å². The van der Waals surface area contributed by atoms with Crippen LogP contribution in [0.5, 0.6) is 0 Å². The normalized spacial score (nSPS) is 20.7. The molecule has 3 rings (SSSR count). The van der Waals surface area contributed by atoms with Gasteiger partial charge in [0, 0.05) is 50.3 Å². The summed E-state index contributed by atoms with van der Waals surface area (Å²) >= 11 is 2.00. The number of aromatic nitrogens is 2. The fraction of sp³-hybridized carbons (Fsp3) is 0.700. The van der Waals surface area contributed by atoms with Crippen molar-refractivity contribution >= 4 is 17.6 Å². The first-order chi connectivity index (χ1) is 7.36. The topological polar surface area (TPSA) is 33.1 Å². The molecule has 0 saturated carbocycles. The zero-order valence-electron chi connectivity index (χ0n) is 8.99. The molecule has 0 unspecified atom stereocenters. The monoisotopic (exact) mass is 224 g/mol. The van der Waals surface area contributed by atoms with Crippen LogP contribution in [0.4, 0.5) is 5.82 Å². The van der Waals surface area contributed by atoms with Crippen molar-refractivity contribution in [3.8, 4) is 0 Å². The molecule has 2 aliphatic heterocycles. The Morgan fingerprint density at radius 2 is 2.07 bits per heavy atom. The molecule has 0 spiro atoms. The van der Waals surface area contributed by atoms with E-state index in [1.165, 1.54) is 17.1 Å². The van der Waals surface area contributed by atoms with Crippen molar-refractivity contribution in [3.63, 3.8) is 0 Å². The number of rotatable bonds is 1. The van der Waals surface area contributed by atoms with Crippen LogP contribution in [0.1, 0.15) is 11.3 Å². The van der Waals surface area contributed by atoms with Gasteiger partial charge in [0.05, 0.1) is 5.69 Å². The van der Waals surface area contributed by atoms with Crippen LogP contribution in [0.2, 0.25) is 0 Å². The number of anilines is 1. The van der Waals surface area contributed by atoms with E-state index >= 15 is 0 Å². The third-order valence-electron chi connectivity index (χ3n) is 3.16. The van der Waals surface area contributed by atoms with Crippen molar-refractivity contribution < 1.29 is 0 Å². The molecule has 5 heteroatoms. The summed E-state index contributed by atoms with van der Waals surface area (Å²) in [4.78, 5) is 2.42. The highest BCUT2D eigenvalue weighted by Crippen LogP contribution is 2.35. The fourth-order valence-corrected chi connectivity index (χ4v) is 3.45. The molecule has 1 fully saturated rings. The Bertz CT molecular complexity index is 368. The number of nitrogens with zero attached hydrogens (tertiary/aromatic N) is 3. The first-order valence-electron chi connectivity index (χ1n) is 5.44. The van der Waals surface area contributed by atoms with E-state index in [9.17, 15) is 0 Å². The number of thioether (sulfide) groups is 1. The number of piperazine rings is 1. The molecule has 1 aromatic heterocycles. The van der Waals surface area contributed by atoms with Gasteiger partial charge in [0.1, 0.15) is 0 Å². The van der Waals surface area contributed by atoms with E-state index in [0.717, 1.165) is 37.7 Å². The SMILES string of the molecule is Cn1nc(N2CCNCC2)c2c1CSC2. The van der Waals surface area contributed by atoms with Gasteiger partial charge in [0.2, 0.25) is 0 Å². The Morgan fingerprint density at radius 1 is 1.27 bits per heavy atom. The minimum atomic E-state index is 1.08. The Hall–Kier alpha value is -0.680. The highest BCUT2D eigenvalue weighted by molar-refractivity contribution is 7.98. The van der Waals surface area contributed by atoms with E-state index in [2.05, 4.69) is 27.0 Å². The van der Waals surface area contributed by atoms with Crippen LogP contribution in [-0.4, -0.2) is 36.0 Å². The molecule has 1 saturated heterocycles. The van der Waals surface area contributed by atoms with Gasteiger partial charge in [-0.2, -0.15) is 16.9 Å². The third kappa shape index (κ3) is 1.54. The maximum absolute atomic E-state index is 4.66. The molecule has 82 valence electrons. The van der Waals surface area contributed by atoms with Gasteiger partial charge in [-0.05, 0) is 0 Å². The summed E-state index contributed by atoms with van der Waals surface area (Å²) in [6.07, 6.45) is 0. The molecule has 4 nitrogen and oxygen atoms in total. The van der Waals surface area contributed by atoms with E-state index in [1.54, 1.807) is 0 Å². The van der Waals surface area contributed by atoms with Gasteiger partial charge in [0.25, 0.3) is 0 Å². The molecule has 0 aromatic carbocycles. The average molecular weight is 224 g/mol. The van der Waals surface area contributed by atoms with E-state index in [1.807, 2.05) is 11.8 Å². The molecule has 0 atom stereocenters. The van der Waals surface area contributed by atoms with Crippen LogP contribution in [0.3, 0.4) is 0 Å². The molecule has 0 aliphatic carbocycles. The number of fused-ring (bicyclic) bond motifs is 1. The average Bonchev–Trinajstić information content (AvgIpc) is 2.84. The van der Waals surface area contributed by atoms with Crippen molar-refractivity contribution in [1.29, 1.82) is 0 Å². The lowest BCUT2D eigenvalue weighted by Crippen LogP contribution is -2.44. The standard InChI is InChI=1S/C10H16N4S/c1-13-9-7-15-6-8(9)10(12-13)14-4-2-11-3-5-14/h11H,2-7H2,1H3. The summed E-state index contributed by atoms with van der Waals surface area (Å²) in [5, 5.41) is 8.03. The summed E-state index contributed by atoms with van der Waals surface area (Å²) < 4.78 is 2.06. The second-order valence-corrected chi connectivity index (χ2v) is 5.09. The number of hydrogen-bond donors (Lipinski definition) is 1. The summed E-state index contributed by atoms with van der Waals surface area (Å²) in [6, 6.07) is 0. The van der Waals surface area contributed by atoms with Crippen molar-refractivity contribution in [1.82, 2.24) is 15.1 Å². The molecule has 1 N–H and O–H groups in total. The van der Waals surface area contributed by atoms with E-state index in [0.29, 0.717) is 0 Å². The van der Waals surface area contributed by atoms with Crippen LogP contribution < -0.4 is 10.2 Å². The van der Waals surface area contributed by atoms with Gasteiger partial charge in [-0.25, -0.2) is 0 Å². The zero-order valence-corrected chi connectivity index (χ0v) is 9.81. The molecule has 0 bridgehead atoms. The highest BCUT2D eigenvalue weighted by Gasteiger charge is 2.25. The van der Waals surface area contributed by atoms with Crippen molar-refractivity contribution in [2.75, 3.05) is 31.1 Å². The fourth-order valence-electron chi connectivity index (χ4n) is 2.30. The van der Waals surface area contributed by atoms with Crippen LogP contribution in [-0.2, 0) is 18.6 Å². The number of hydrogen-bond acceptors (Lipinski definition) is 4. The van der Waals surface area contributed by atoms with E-state index in [-0.39, 0.29) is 0 Å². The second kappa shape index (κ2) is 3.72. The maximum Gasteiger partial charge on any atom is 0.155 e. The minimum Gasteiger partial charge on any atom is -0.352 e. The number of nitrogens with one attached hydrogen (secondary N) is 1. The van der Waals surface area contributed by atoms with E-state index < -0.39 is 0 Å². The summed E-state index contributed by atoms with van der Waals surface area (Å²) in [5.41, 5.74) is 2.90. The van der Waals surface area contributed by atoms with Crippen molar-refractivity contribution in [2.45, 2.75) is 11.5 Å². The highest BCUT2D eigenvalue weighted by atomic mass is 32.2. The molecule has 0 radical (unpaired) electrons. The molecule has 1 aromatic rings. The molecule has 3 heterocycles. The quantitative estimate of drug-likeness (QED) is 0.756. The molecular formula is C10H16N4S. The van der Waals surface area contributed by atoms with Gasteiger partial charge in [-0.3, -0.25) is 4.68 Å². The van der Waals surface area contributed by atoms with Gasteiger partial charge in [-0.15, -0.1) is 0 Å². The number of aryl methyl sites for hydroxylation is 1. The molecular weight excluding hydrogens is 208 g/mol. The van der Waals surface area contributed by atoms with Gasteiger partial charge in [-0.1, -0.05) is 0 Å². The third-order valence-corrected chi connectivity index (χ3v) is 4.13. The minimum absolute atomic E-state index is 1.08. The molecule has 0 amide bonds. The lowest BCUT2D eigenvalue weighted by molar-refractivity contribution is 0.580. The van der Waals surface area contributed by atoms with Gasteiger partial charge < -0.3 is 10.2 Å². The zero-order chi connectivity index (χ0) is 10.3. The van der Waals surface area contributed by atoms with Crippen LogP contribution in [0.15, 0.2) is 0 Å². The smallest absolute Gasteiger partial charge is 0.155 e. The largest absolute Gasteiger partial charge is 0.352 e. The Kier molecular flexibility index (Phi) is 2.36. The van der Waals surface area contributed by atoms with Crippen LogP contribution in [0.25, 0.3) is 0 Å². The van der Waals surface area contributed by atoms with E-state index in [4.69, 9.17) is 0 Å². The molecule has 2 aliphatic rings. The first kappa shape index (κ1) is 9.54. The lowest BCUT2D eigenvalue weighted by Gasteiger charge is -2.28. The Labute approximate surface area is 94.0 Å². The Balaban J connectivity index is 1.93.